The molecule has 0 aliphatic rings. The third-order valence-electron chi connectivity index (χ3n) is 13.0. The maximum absolute atomic E-state index is 12.9. The van der Waals surface area contributed by atoms with E-state index in [2.05, 4.69) is 69.4 Å². The minimum absolute atomic E-state index is 0.0999. The van der Waals surface area contributed by atoms with Crippen LogP contribution in [-0.2, 0) is 42.2 Å². The minimum atomic E-state index is -4.76. The summed E-state index contributed by atoms with van der Waals surface area (Å²) >= 11 is 0. The molecule has 0 radical (unpaired) electrons. The molecule has 0 aliphatic carbocycles. The Morgan fingerprint density at radius 2 is 0.703 bits per heavy atom. The van der Waals surface area contributed by atoms with Gasteiger partial charge in [-0.3, -0.25) is 23.4 Å². The standard InChI is InChI=1S/C62H111O11P/c1-4-7-10-13-16-19-22-24-26-28-29-31-33-35-38-41-44-47-50-53-62(66)73-59(55-69-60(64)51-48-45-42-39-36-21-18-15-12-9-6-3)57-71-74(67,68)70-56-58(54-63)72-61(65)52-49-46-43-40-37-34-32-30-27-25-23-20-17-14-11-8-5-2/h8,11,17,20,25,27,32,34,40,43,58-59,63H,4-7,9-10,12-16,18-19,21-24,26,28-31,33,35-39,41-42,44-57H2,1-3H3,(H,67,68)/b11-8-,20-17-,27-25-,34-32-,43-40-. The predicted molar refractivity (Wildman–Crippen MR) is 307 cm³/mol. The van der Waals surface area contributed by atoms with Crippen LogP contribution in [-0.4, -0.2) is 66.5 Å². The molecule has 0 amide bonds. The second kappa shape index (κ2) is 56.4. The fourth-order valence-corrected chi connectivity index (χ4v) is 9.18. The molecule has 0 aromatic heterocycles. The van der Waals surface area contributed by atoms with E-state index in [4.69, 9.17) is 23.3 Å². The number of phosphoric acid groups is 1. The van der Waals surface area contributed by atoms with Crippen molar-refractivity contribution in [3.05, 3.63) is 60.8 Å². The topological polar surface area (TPSA) is 155 Å². The van der Waals surface area contributed by atoms with Crippen LogP contribution >= 0.6 is 7.82 Å². The lowest BCUT2D eigenvalue weighted by molar-refractivity contribution is -0.161. The SMILES string of the molecule is CC/C=C\C/C=C\C/C=C\C/C=C\C/C=C\CCCC(=O)OC(CO)COP(=O)(O)OCC(COC(=O)CCCCCCCCCCCCC)OC(=O)CCCCCCCCCCCCCCCCCCCCC. The van der Waals surface area contributed by atoms with Crippen molar-refractivity contribution < 1.29 is 52.2 Å². The van der Waals surface area contributed by atoms with Crippen LogP contribution in [0.15, 0.2) is 60.8 Å². The molecule has 0 saturated heterocycles. The number of hydrogen-bond donors (Lipinski definition) is 2. The Bertz CT molecular complexity index is 1470. The number of unbranched alkanes of at least 4 members (excludes halogenated alkanes) is 29. The lowest BCUT2D eigenvalue weighted by atomic mass is 10.0. The van der Waals surface area contributed by atoms with E-state index >= 15 is 0 Å². The zero-order valence-electron chi connectivity index (χ0n) is 47.6. The van der Waals surface area contributed by atoms with Crippen molar-refractivity contribution in [3.8, 4) is 0 Å². The molecule has 3 unspecified atom stereocenters. The number of rotatable bonds is 56. The molecule has 0 spiro atoms. The van der Waals surface area contributed by atoms with Crippen LogP contribution in [0.2, 0.25) is 0 Å². The van der Waals surface area contributed by atoms with Gasteiger partial charge < -0.3 is 24.2 Å². The summed E-state index contributed by atoms with van der Waals surface area (Å²) in [5, 5.41) is 9.81. The molecular formula is C62H111O11P. The van der Waals surface area contributed by atoms with Gasteiger partial charge in [-0.15, -0.1) is 0 Å². The largest absolute Gasteiger partial charge is 0.472 e. The van der Waals surface area contributed by atoms with Gasteiger partial charge in [0.25, 0.3) is 0 Å². The number of carbonyl (C=O) groups is 3. The van der Waals surface area contributed by atoms with E-state index in [1.165, 1.54) is 141 Å². The molecule has 11 nitrogen and oxygen atoms in total. The number of ether oxygens (including phenoxy) is 3. The van der Waals surface area contributed by atoms with E-state index in [1.807, 2.05) is 12.2 Å². The van der Waals surface area contributed by atoms with Crippen LogP contribution in [0, 0.1) is 0 Å². The highest BCUT2D eigenvalue weighted by Crippen LogP contribution is 2.43. The predicted octanol–water partition coefficient (Wildman–Crippen LogP) is 17.9. The third kappa shape index (κ3) is 54.0. The van der Waals surface area contributed by atoms with Gasteiger partial charge in [-0.1, -0.05) is 261 Å². The Kier molecular flexibility index (Phi) is 54.2. The van der Waals surface area contributed by atoms with Crippen molar-refractivity contribution in [2.75, 3.05) is 26.4 Å². The van der Waals surface area contributed by atoms with Gasteiger partial charge in [0.15, 0.2) is 6.10 Å². The Morgan fingerprint density at radius 1 is 0.392 bits per heavy atom. The molecule has 0 aromatic rings. The molecule has 3 atom stereocenters. The van der Waals surface area contributed by atoms with Gasteiger partial charge in [-0.05, 0) is 57.8 Å². The summed E-state index contributed by atoms with van der Waals surface area (Å²) < 4.78 is 39.5. The number of phosphoric ester groups is 1. The average molecular weight is 1060 g/mol. The summed E-state index contributed by atoms with van der Waals surface area (Å²) in [4.78, 5) is 48.5. The molecule has 74 heavy (non-hydrogen) atoms. The van der Waals surface area contributed by atoms with Crippen molar-refractivity contribution >= 4 is 25.7 Å². The molecule has 0 saturated carbocycles. The van der Waals surface area contributed by atoms with E-state index in [0.29, 0.717) is 25.7 Å². The van der Waals surface area contributed by atoms with E-state index in [1.54, 1.807) is 0 Å². The molecule has 430 valence electrons. The second-order valence-electron chi connectivity index (χ2n) is 20.1. The molecule has 2 N–H and O–H groups in total. The Labute approximate surface area is 453 Å². The quantitative estimate of drug-likeness (QED) is 0.0197. The lowest BCUT2D eigenvalue weighted by Crippen LogP contribution is -2.30. The summed E-state index contributed by atoms with van der Waals surface area (Å²) in [5.74, 6) is -1.51. The zero-order valence-corrected chi connectivity index (χ0v) is 48.5. The fraction of sp³-hybridized carbons (Fsp3) is 0.790. The Hall–Kier alpha value is -2.82. The first kappa shape index (κ1) is 71.2. The van der Waals surface area contributed by atoms with Crippen LogP contribution in [0.3, 0.4) is 0 Å². The van der Waals surface area contributed by atoms with Crippen LogP contribution in [0.5, 0.6) is 0 Å². The second-order valence-corrected chi connectivity index (χ2v) is 21.6. The maximum atomic E-state index is 12.9. The number of aliphatic hydroxyl groups excluding tert-OH is 1. The van der Waals surface area contributed by atoms with Crippen molar-refractivity contribution in [1.82, 2.24) is 0 Å². The summed E-state index contributed by atoms with van der Waals surface area (Å²) in [6.45, 7) is 4.50. The normalized spacial score (nSPS) is 13.7. The van der Waals surface area contributed by atoms with E-state index in [-0.39, 0.29) is 25.9 Å². The van der Waals surface area contributed by atoms with Gasteiger partial charge in [0.05, 0.1) is 19.8 Å². The van der Waals surface area contributed by atoms with Gasteiger partial charge in [-0.2, -0.15) is 0 Å². The molecule has 0 bridgehead atoms. The Balaban J connectivity index is 4.68. The van der Waals surface area contributed by atoms with Crippen LogP contribution in [0.4, 0.5) is 0 Å². The smallest absolute Gasteiger partial charge is 0.462 e. The van der Waals surface area contributed by atoms with Crippen LogP contribution in [0.1, 0.15) is 278 Å². The summed E-state index contributed by atoms with van der Waals surface area (Å²) in [6, 6.07) is 0. The number of esters is 3. The summed E-state index contributed by atoms with van der Waals surface area (Å²) in [7, 11) is -4.76. The van der Waals surface area contributed by atoms with Crippen LogP contribution < -0.4 is 0 Å². The summed E-state index contributed by atoms with van der Waals surface area (Å²) in [6.07, 6.45) is 61.9. The maximum Gasteiger partial charge on any atom is 0.472 e. The van der Waals surface area contributed by atoms with E-state index < -0.39 is 57.8 Å². The highest BCUT2D eigenvalue weighted by Gasteiger charge is 2.28. The molecule has 12 heteroatoms. The minimum Gasteiger partial charge on any atom is -0.462 e. The van der Waals surface area contributed by atoms with Crippen molar-refractivity contribution in [3.63, 3.8) is 0 Å². The monoisotopic (exact) mass is 1060 g/mol. The number of carbonyl (C=O) groups excluding carboxylic acids is 3. The Morgan fingerprint density at radius 3 is 1.08 bits per heavy atom. The van der Waals surface area contributed by atoms with Gasteiger partial charge in [-0.25, -0.2) is 4.57 Å². The van der Waals surface area contributed by atoms with E-state index in [9.17, 15) is 28.9 Å². The van der Waals surface area contributed by atoms with Crippen molar-refractivity contribution in [2.24, 2.45) is 0 Å². The van der Waals surface area contributed by atoms with Gasteiger partial charge in [0.2, 0.25) is 0 Å². The highest BCUT2D eigenvalue weighted by atomic mass is 31.2. The average Bonchev–Trinajstić information content (AvgIpc) is 3.39. The molecule has 0 fully saturated rings. The molecule has 0 rings (SSSR count). The lowest BCUT2D eigenvalue weighted by Gasteiger charge is -2.21. The summed E-state index contributed by atoms with van der Waals surface area (Å²) in [5.41, 5.74) is 0. The van der Waals surface area contributed by atoms with Gasteiger partial charge in [0.1, 0.15) is 12.7 Å². The van der Waals surface area contributed by atoms with E-state index in [0.717, 1.165) is 70.6 Å². The van der Waals surface area contributed by atoms with Crippen molar-refractivity contribution in [1.29, 1.82) is 0 Å². The molecule has 0 aliphatic heterocycles. The van der Waals surface area contributed by atoms with Crippen LogP contribution in [0.25, 0.3) is 0 Å². The molecular weight excluding hydrogens is 952 g/mol. The van der Waals surface area contributed by atoms with Gasteiger partial charge >= 0.3 is 25.7 Å². The zero-order chi connectivity index (χ0) is 54.1. The first-order valence-electron chi connectivity index (χ1n) is 30.2. The molecule has 0 aromatic carbocycles. The van der Waals surface area contributed by atoms with Crippen molar-refractivity contribution in [2.45, 2.75) is 290 Å². The first-order chi connectivity index (χ1) is 36.2. The number of allylic oxidation sites excluding steroid dienone is 10. The van der Waals surface area contributed by atoms with Gasteiger partial charge in [0, 0.05) is 19.3 Å². The fourth-order valence-electron chi connectivity index (χ4n) is 8.39. The third-order valence-corrected chi connectivity index (χ3v) is 13.9. The molecule has 0 heterocycles. The first-order valence-corrected chi connectivity index (χ1v) is 31.7. The number of aliphatic hydroxyl groups is 1. The number of hydrogen-bond acceptors (Lipinski definition) is 10. The highest BCUT2D eigenvalue weighted by molar-refractivity contribution is 7.47.